The van der Waals surface area contributed by atoms with E-state index in [2.05, 4.69) is 31.8 Å². The predicted octanol–water partition coefficient (Wildman–Crippen LogP) is 4.38. The van der Waals surface area contributed by atoms with E-state index in [9.17, 15) is 4.39 Å². The van der Waals surface area contributed by atoms with Crippen LogP contribution in [0.5, 0.6) is 5.75 Å². The minimum absolute atomic E-state index is 0.103. The van der Waals surface area contributed by atoms with Crippen molar-refractivity contribution in [1.29, 1.82) is 5.26 Å². The molecule has 9 heteroatoms. The first-order valence-corrected chi connectivity index (χ1v) is 11.0. The average Bonchev–Trinajstić information content (AvgIpc) is 3.28. The van der Waals surface area contributed by atoms with Crippen molar-refractivity contribution in [3.63, 3.8) is 0 Å². The number of benzene rings is 1. The molecule has 1 fully saturated rings. The molecule has 1 aliphatic heterocycles. The minimum atomic E-state index is -0.698. The molecule has 0 atom stereocenters. The second-order valence-corrected chi connectivity index (χ2v) is 8.97. The van der Waals surface area contributed by atoms with Gasteiger partial charge in [-0.15, -0.1) is 0 Å². The van der Waals surface area contributed by atoms with Crippen LogP contribution >= 0.6 is 0 Å². The van der Waals surface area contributed by atoms with Gasteiger partial charge in [0.2, 0.25) is 5.95 Å². The summed E-state index contributed by atoms with van der Waals surface area (Å²) in [5, 5.41) is 20.2. The summed E-state index contributed by atoms with van der Waals surface area (Å²) in [5.74, 6) is 0.0198. The molecular formula is C24H28FN7O. The Morgan fingerprint density at radius 3 is 2.82 bits per heavy atom. The molecule has 1 aliphatic rings. The Bertz CT molecular complexity index is 1160. The number of aromatic nitrogens is 4. The summed E-state index contributed by atoms with van der Waals surface area (Å²) in [5.41, 5.74) is 2.17. The van der Waals surface area contributed by atoms with Gasteiger partial charge in [0.25, 0.3) is 0 Å². The lowest BCUT2D eigenvalue weighted by atomic mass is 9.98. The van der Waals surface area contributed by atoms with E-state index in [-0.39, 0.29) is 12.4 Å². The molecule has 0 amide bonds. The fraction of sp³-hybridized carbons (Fsp3) is 0.417. The highest BCUT2D eigenvalue weighted by atomic mass is 19.1. The number of hydrogen-bond donors (Lipinski definition) is 2. The molecule has 3 heterocycles. The molecule has 3 aromatic rings. The van der Waals surface area contributed by atoms with Crippen molar-refractivity contribution < 1.29 is 9.13 Å². The zero-order valence-corrected chi connectivity index (χ0v) is 19.1. The molecule has 172 valence electrons. The summed E-state index contributed by atoms with van der Waals surface area (Å²) in [4.78, 5) is 8.98. The van der Waals surface area contributed by atoms with Gasteiger partial charge in [-0.2, -0.15) is 10.4 Å². The summed E-state index contributed by atoms with van der Waals surface area (Å²) in [6.45, 7) is 7.46. The molecule has 0 unspecified atom stereocenters. The SMILES string of the molecule is Cc1cnc(Nc2cnn(C3CCNCC3)c2)nc1-c1ccc(OCC(C)(C)C#N)c(F)c1. The Morgan fingerprint density at radius 2 is 2.09 bits per heavy atom. The molecule has 1 saturated heterocycles. The number of nitrogens with zero attached hydrogens (tertiary/aromatic N) is 5. The highest BCUT2D eigenvalue weighted by Crippen LogP contribution is 2.29. The van der Waals surface area contributed by atoms with Crippen molar-refractivity contribution in [2.45, 2.75) is 39.7 Å². The zero-order chi connectivity index (χ0) is 23.4. The van der Waals surface area contributed by atoms with E-state index in [0.29, 0.717) is 23.2 Å². The Balaban J connectivity index is 1.50. The molecule has 0 saturated carbocycles. The second kappa shape index (κ2) is 9.55. The lowest BCUT2D eigenvalue weighted by Gasteiger charge is -2.22. The first kappa shape index (κ1) is 22.7. The van der Waals surface area contributed by atoms with Crippen molar-refractivity contribution in [3.8, 4) is 23.1 Å². The largest absolute Gasteiger partial charge is 0.489 e. The van der Waals surface area contributed by atoms with Crippen LogP contribution in [-0.4, -0.2) is 39.4 Å². The highest BCUT2D eigenvalue weighted by molar-refractivity contribution is 5.65. The quantitative estimate of drug-likeness (QED) is 0.552. The van der Waals surface area contributed by atoms with Gasteiger partial charge in [-0.05, 0) is 70.5 Å². The van der Waals surface area contributed by atoms with E-state index < -0.39 is 11.2 Å². The summed E-state index contributed by atoms with van der Waals surface area (Å²) in [6, 6.07) is 7.24. The normalized spacial score (nSPS) is 14.6. The van der Waals surface area contributed by atoms with Crippen LogP contribution in [0.25, 0.3) is 11.3 Å². The van der Waals surface area contributed by atoms with Gasteiger partial charge in [0.05, 0.1) is 35.1 Å². The van der Waals surface area contributed by atoms with Gasteiger partial charge in [-0.1, -0.05) is 0 Å². The fourth-order valence-electron chi connectivity index (χ4n) is 3.65. The average molecular weight is 450 g/mol. The van der Waals surface area contributed by atoms with Crippen molar-refractivity contribution >= 4 is 11.6 Å². The summed E-state index contributed by atoms with van der Waals surface area (Å²) in [7, 11) is 0. The van der Waals surface area contributed by atoms with Crippen molar-refractivity contribution in [2.24, 2.45) is 5.41 Å². The molecule has 0 bridgehead atoms. The number of nitrogens with one attached hydrogen (secondary N) is 2. The highest BCUT2D eigenvalue weighted by Gasteiger charge is 2.19. The molecule has 2 aromatic heterocycles. The number of ether oxygens (including phenoxy) is 1. The zero-order valence-electron chi connectivity index (χ0n) is 19.1. The van der Waals surface area contributed by atoms with Crippen LogP contribution in [0.2, 0.25) is 0 Å². The van der Waals surface area contributed by atoms with E-state index in [1.165, 1.54) is 6.07 Å². The fourth-order valence-corrected chi connectivity index (χ4v) is 3.65. The maximum absolute atomic E-state index is 14.7. The number of piperidine rings is 1. The molecule has 2 N–H and O–H groups in total. The predicted molar refractivity (Wildman–Crippen MR) is 124 cm³/mol. The molecule has 0 radical (unpaired) electrons. The first-order valence-electron chi connectivity index (χ1n) is 11.0. The standard InChI is InChI=1S/C24H28FN7O/c1-16-11-28-23(30-18-12-29-32(13-18)19-6-8-27-9-7-19)31-22(16)17-4-5-21(20(25)10-17)33-15-24(2,3)14-26/h4-5,10-13,19,27H,6-9,15H2,1-3H3,(H,28,30,31). The molecule has 4 rings (SSSR count). The number of rotatable bonds is 7. The molecule has 33 heavy (non-hydrogen) atoms. The van der Waals surface area contributed by atoms with E-state index in [0.717, 1.165) is 37.2 Å². The summed E-state index contributed by atoms with van der Waals surface area (Å²) < 4.78 is 22.2. The maximum atomic E-state index is 14.7. The van der Waals surface area contributed by atoms with Crippen LogP contribution in [0, 0.1) is 29.5 Å². The molecule has 0 spiro atoms. The third-order valence-electron chi connectivity index (χ3n) is 5.61. The van der Waals surface area contributed by atoms with Gasteiger partial charge >= 0.3 is 0 Å². The topological polar surface area (TPSA) is 101 Å². The second-order valence-electron chi connectivity index (χ2n) is 8.97. The summed E-state index contributed by atoms with van der Waals surface area (Å²) >= 11 is 0. The van der Waals surface area contributed by atoms with Gasteiger partial charge in [0, 0.05) is 18.0 Å². The number of nitriles is 1. The van der Waals surface area contributed by atoms with Crippen LogP contribution in [0.3, 0.4) is 0 Å². The van der Waals surface area contributed by atoms with E-state index in [4.69, 9.17) is 10.00 Å². The maximum Gasteiger partial charge on any atom is 0.227 e. The lowest BCUT2D eigenvalue weighted by Crippen LogP contribution is -2.29. The van der Waals surface area contributed by atoms with Crippen LogP contribution in [0.1, 0.15) is 38.3 Å². The van der Waals surface area contributed by atoms with Crippen molar-refractivity contribution in [3.05, 3.63) is 48.2 Å². The number of aryl methyl sites for hydroxylation is 1. The number of hydrogen-bond acceptors (Lipinski definition) is 7. The monoisotopic (exact) mass is 449 g/mol. The molecule has 0 aliphatic carbocycles. The molecular weight excluding hydrogens is 421 g/mol. The first-order chi connectivity index (χ1) is 15.8. The van der Waals surface area contributed by atoms with E-state index in [1.54, 1.807) is 38.4 Å². The smallest absolute Gasteiger partial charge is 0.227 e. The Hall–Kier alpha value is -3.51. The van der Waals surface area contributed by atoms with Gasteiger partial charge in [0.15, 0.2) is 11.6 Å². The van der Waals surface area contributed by atoms with Gasteiger partial charge < -0.3 is 15.4 Å². The Kier molecular flexibility index (Phi) is 6.56. The third-order valence-corrected chi connectivity index (χ3v) is 5.61. The molecule has 8 nitrogen and oxygen atoms in total. The van der Waals surface area contributed by atoms with E-state index in [1.807, 2.05) is 17.8 Å². The van der Waals surface area contributed by atoms with Crippen LogP contribution in [0.4, 0.5) is 16.0 Å². The molecule has 1 aromatic carbocycles. The van der Waals surface area contributed by atoms with Crippen LogP contribution in [0.15, 0.2) is 36.8 Å². The third kappa shape index (κ3) is 5.46. The van der Waals surface area contributed by atoms with Gasteiger partial charge in [-0.3, -0.25) is 4.68 Å². The summed E-state index contributed by atoms with van der Waals surface area (Å²) in [6.07, 6.45) is 7.53. The number of anilines is 2. The van der Waals surface area contributed by atoms with Crippen molar-refractivity contribution in [1.82, 2.24) is 25.1 Å². The van der Waals surface area contributed by atoms with Crippen molar-refractivity contribution in [2.75, 3.05) is 25.0 Å². The van der Waals surface area contributed by atoms with Crippen LogP contribution < -0.4 is 15.4 Å². The lowest BCUT2D eigenvalue weighted by molar-refractivity contribution is 0.219. The van der Waals surface area contributed by atoms with Gasteiger partial charge in [-0.25, -0.2) is 14.4 Å². The van der Waals surface area contributed by atoms with Crippen LogP contribution in [-0.2, 0) is 0 Å². The van der Waals surface area contributed by atoms with Gasteiger partial charge in [0.1, 0.15) is 6.61 Å². The number of halogens is 1. The Morgan fingerprint density at radius 1 is 1.30 bits per heavy atom. The Labute approximate surface area is 192 Å². The minimum Gasteiger partial charge on any atom is -0.489 e. The van der Waals surface area contributed by atoms with E-state index >= 15 is 0 Å².